The van der Waals surface area contributed by atoms with E-state index in [0.29, 0.717) is 11.6 Å². The molecule has 14 heavy (non-hydrogen) atoms. The van der Waals surface area contributed by atoms with Gasteiger partial charge in [-0.1, -0.05) is 17.7 Å². The Morgan fingerprint density at radius 2 is 2.21 bits per heavy atom. The molecule has 0 aliphatic heterocycles. The van der Waals surface area contributed by atoms with E-state index in [1.165, 1.54) is 0 Å². The van der Waals surface area contributed by atoms with Crippen molar-refractivity contribution in [3.05, 3.63) is 28.8 Å². The van der Waals surface area contributed by atoms with Crippen LogP contribution in [0, 0.1) is 6.92 Å². The summed E-state index contributed by atoms with van der Waals surface area (Å²) in [5.41, 5.74) is 1.16. The van der Waals surface area contributed by atoms with E-state index >= 15 is 0 Å². The molecular formula is C11H16ClNO. The first kappa shape index (κ1) is 11.3. The second-order valence-electron chi connectivity index (χ2n) is 3.24. The third-order valence-corrected chi connectivity index (χ3v) is 2.23. The van der Waals surface area contributed by atoms with Gasteiger partial charge in [-0.25, -0.2) is 0 Å². The van der Waals surface area contributed by atoms with Crippen molar-refractivity contribution in [2.24, 2.45) is 0 Å². The second-order valence-corrected chi connectivity index (χ2v) is 3.65. The maximum absolute atomic E-state index is 5.97. The van der Waals surface area contributed by atoms with Crippen molar-refractivity contribution < 1.29 is 4.74 Å². The van der Waals surface area contributed by atoms with Crippen molar-refractivity contribution in [2.75, 3.05) is 20.2 Å². The van der Waals surface area contributed by atoms with Gasteiger partial charge >= 0.3 is 0 Å². The summed E-state index contributed by atoms with van der Waals surface area (Å²) in [7, 11) is 1.93. The molecule has 0 saturated carbocycles. The van der Waals surface area contributed by atoms with E-state index in [2.05, 4.69) is 5.32 Å². The van der Waals surface area contributed by atoms with Gasteiger partial charge in [0.1, 0.15) is 5.75 Å². The Morgan fingerprint density at radius 3 is 2.93 bits per heavy atom. The Bertz CT molecular complexity index is 289. The number of hydrogen-bond acceptors (Lipinski definition) is 2. The van der Waals surface area contributed by atoms with Crippen LogP contribution in [-0.2, 0) is 0 Å². The molecule has 0 amide bonds. The van der Waals surface area contributed by atoms with Crippen molar-refractivity contribution >= 4 is 11.6 Å². The molecular weight excluding hydrogens is 198 g/mol. The number of hydrogen-bond donors (Lipinski definition) is 1. The van der Waals surface area contributed by atoms with Crippen LogP contribution in [-0.4, -0.2) is 20.2 Å². The normalized spacial score (nSPS) is 10.2. The summed E-state index contributed by atoms with van der Waals surface area (Å²) in [6.07, 6.45) is 0.987. The molecule has 0 atom stereocenters. The molecule has 0 aliphatic carbocycles. The molecule has 3 heteroatoms. The van der Waals surface area contributed by atoms with Crippen molar-refractivity contribution in [3.63, 3.8) is 0 Å². The third-order valence-electron chi connectivity index (χ3n) is 1.92. The Kier molecular flexibility index (Phi) is 4.77. The lowest BCUT2D eigenvalue weighted by Crippen LogP contribution is -2.11. The minimum absolute atomic E-state index is 0.681. The predicted molar refractivity (Wildman–Crippen MR) is 60.2 cm³/mol. The van der Waals surface area contributed by atoms with Gasteiger partial charge in [-0.3, -0.25) is 0 Å². The van der Waals surface area contributed by atoms with Crippen LogP contribution in [0.15, 0.2) is 18.2 Å². The fraction of sp³-hybridized carbons (Fsp3) is 0.455. The lowest BCUT2D eigenvalue weighted by atomic mass is 10.2. The first-order valence-corrected chi connectivity index (χ1v) is 5.15. The highest BCUT2D eigenvalue weighted by Gasteiger charge is 2.00. The van der Waals surface area contributed by atoms with Gasteiger partial charge in [0.25, 0.3) is 0 Å². The zero-order valence-electron chi connectivity index (χ0n) is 8.64. The summed E-state index contributed by atoms with van der Waals surface area (Å²) >= 11 is 5.97. The van der Waals surface area contributed by atoms with Gasteiger partial charge in [0.05, 0.1) is 11.6 Å². The zero-order valence-corrected chi connectivity index (χ0v) is 9.40. The molecule has 0 saturated heterocycles. The first-order chi connectivity index (χ1) is 6.74. The molecule has 1 N–H and O–H groups in total. The monoisotopic (exact) mass is 213 g/mol. The maximum atomic E-state index is 5.97. The van der Waals surface area contributed by atoms with Crippen molar-refractivity contribution in [1.29, 1.82) is 0 Å². The summed E-state index contributed by atoms with van der Waals surface area (Å²) in [4.78, 5) is 0. The van der Waals surface area contributed by atoms with Crippen LogP contribution in [0.4, 0.5) is 0 Å². The van der Waals surface area contributed by atoms with E-state index in [1.807, 2.05) is 32.2 Å². The Balaban J connectivity index is 2.45. The molecule has 78 valence electrons. The predicted octanol–water partition coefficient (Wildman–Crippen LogP) is 2.64. The minimum atomic E-state index is 0.681. The number of ether oxygens (including phenoxy) is 1. The van der Waals surface area contributed by atoms with Gasteiger partial charge in [-0.15, -0.1) is 0 Å². The highest BCUT2D eigenvalue weighted by molar-refractivity contribution is 6.32. The highest BCUT2D eigenvalue weighted by atomic mass is 35.5. The molecule has 0 heterocycles. The van der Waals surface area contributed by atoms with E-state index < -0.39 is 0 Å². The number of nitrogens with one attached hydrogen (secondary N) is 1. The van der Waals surface area contributed by atoms with Crippen LogP contribution in [0.2, 0.25) is 5.02 Å². The quantitative estimate of drug-likeness (QED) is 0.760. The van der Waals surface area contributed by atoms with Crippen LogP contribution in [0.5, 0.6) is 5.75 Å². The van der Waals surface area contributed by atoms with Crippen LogP contribution in [0.3, 0.4) is 0 Å². The Morgan fingerprint density at radius 1 is 1.43 bits per heavy atom. The molecule has 0 spiro atoms. The topological polar surface area (TPSA) is 21.3 Å². The summed E-state index contributed by atoms with van der Waals surface area (Å²) in [5.74, 6) is 0.780. The number of rotatable bonds is 5. The summed E-state index contributed by atoms with van der Waals surface area (Å²) < 4.78 is 5.55. The van der Waals surface area contributed by atoms with Crippen molar-refractivity contribution in [2.45, 2.75) is 13.3 Å². The molecule has 0 fully saturated rings. The zero-order chi connectivity index (χ0) is 10.4. The lowest BCUT2D eigenvalue weighted by Gasteiger charge is -2.08. The molecule has 2 nitrogen and oxygen atoms in total. The molecule has 0 aliphatic rings. The van der Waals surface area contributed by atoms with Crippen molar-refractivity contribution in [1.82, 2.24) is 5.32 Å². The number of aryl methyl sites for hydroxylation is 1. The van der Waals surface area contributed by atoms with E-state index in [9.17, 15) is 0 Å². The van der Waals surface area contributed by atoms with E-state index in [4.69, 9.17) is 16.3 Å². The fourth-order valence-electron chi connectivity index (χ4n) is 1.15. The smallest absolute Gasteiger partial charge is 0.138 e. The Hall–Kier alpha value is -0.730. The summed E-state index contributed by atoms with van der Waals surface area (Å²) in [6.45, 7) is 3.68. The first-order valence-electron chi connectivity index (χ1n) is 4.77. The average Bonchev–Trinajstić information content (AvgIpc) is 2.18. The standard InChI is InChI=1S/C11H16ClNO/c1-9-4-5-10(12)11(8-9)14-7-3-6-13-2/h4-5,8,13H,3,6-7H2,1-2H3. The van der Waals surface area contributed by atoms with E-state index in [1.54, 1.807) is 0 Å². The molecule has 0 radical (unpaired) electrons. The third kappa shape index (κ3) is 3.56. The largest absolute Gasteiger partial charge is 0.492 e. The molecule has 1 aromatic rings. The van der Waals surface area contributed by atoms with Gasteiger partial charge in [0, 0.05) is 0 Å². The van der Waals surface area contributed by atoms with Gasteiger partial charge in [-0.2, -0.15) is 0 Å². The molecule has 0 aromatic heterocycles. The van der Waals surface area contributed by atoms with Gasteiger partial charge < -0.3 is 10.1 Å². The summed E-state index contributed by atoms with van der Waals surface area (Å²) in [5, 5.41) is 3.75. The maximum Gasteiger partial charge on any atom is 0.138 e. The van der Waals surface area contributed by atoms with E-state index in [0.717, 1.165) is 24.3 Å². The second kappa shape index (κ2) is 5.89. The van der Waals surface area contributed by atoms with Crippen LogP contribution in [0.25, 0.3) is 0 Å². The van der Waals surface area contributed by atoms with Gasteiger partial charge in [0.15, 0.2) is 0 Å². The molecule has 0 bridgehead atoms. The molecule has 1 aromatic carbocycles. The van der Waals surface area contributed by atoms with Crippen LogP contribution < -0.4 is 10.1 Å². The molecule has 1 rings (SSSR count). The van der Waals surface area contributed by atoms with Crippen LogP contribution in [0.1, 0.15) is 12.0 Å². The average molecular weight is 214 g/mol. The van der Waals surface area contributed by atoms with Gasteiger partial charge in [0.2, 0.25) is 0 Å². The number of benzene rings is 1. The highest BCUT2D eigenvalue weighted by Crippen LogP contribution is 2.25. The Labute approximate surface area is 90.2 Å². The SMILES string of the molecule is CNCCCOc1cc(C)ccc1Cl. The van der Waals surface area contributed by atoms with Gasteiger partial charge in [-0.05, 0) is 44.6 Å². The van der Waals surface area contributed by atoms with Crippen LogP contribution >= 0.6 is 11.6 Å². The lowest BCUT2D eigenvalue weighted by molar-refractivity contribution is 0.310. The molecule has 0 unspecified atom stereocenters. The summed E-state index contributed by atoms with van der Waals surface area (Å²) in [6, 6.07) is 5.80. The minimum Gasteiger partial charge on any atom is -0.492 e. The van der Waals surface area contributed by atoms with E-state index in [-0.39, 0.29) is 0 Å². The van der Waals surface area contributed by atoms with Crippen molar-refractivity contribution in [3.8, 4) is 5.75 Å². The fourth-order valence-corrected chi connectivity index (χ4v) is 1.32. The number of halogens is 1.